The molecule has 4 rings (SSSR count). The highest BCUT2D eigenvalue weighted by Crippen LogP contribution is 2.26. The second-order valence-electron chi connectivity index (χ2n) is 7.73. The molecule has 2 amide bonds. The molecule has 1 aliphatic heterocycles. The van der Waals surface area contributed by atoms with Gasteiger partial charge in [0.25, 0.3) is 0 Å². The van der Waals surface area contributed by atoms with Crippen molar-refractivity contribution in [2.24, 2.45) is 0 Å². The van der Waals surface area contributed by atoms with Crippen molar-refractivity contribution in [2.45, 2.75) is 0 Å². The summed E-state index contributed by atoms with van der Waals surface area (Å²) in [5.41, 5.74) is 4.26. The molecule has 0 bridgehead atoms. The summed E-state index contributed by atoms with van der Waals surface area (Å²) in [6.07, 6.45) is 1.67. The van der Waals surface area contributed by atoms with Crippen LogP contribution < -0.4 is 15.5 Å². The monoisotopic (exact) mass is 443 g/mol. The third-order valence-corrected chi connectivity index (χ3v) is 5.24. The van der Waals surface area contributed by atoms with Gasteiger partial charge in [0.15, 0.2) is 0 Å². The maximum atomic E-state index is 11.9. The Morgan fingerprint density at radius 3 is 2.58 bits per heavy atom. The Balaban J connectivity index is 1.49. The van der Waals surface area contributed by atoms with Crippen molar-refractivity contribution in [2.75, 3.05) is 55.9 Å². The number of hydrogen-bond donors (Lipinski definition) is 2. The van der Waals surface area contributed by atoms with Gasteiger partial charge in [-0.2, -0.15) is 5.26 Å². The van der Waals surface area contributed by atoms with E-state index in [1.165, 1.54) is 4.90 Å². The molecule has 0 atom stereocenters. The lowest BCUT2D eigenvalue weighted by molar-refractivity contribution is 0.122. The zero-order chi connectivity index (χ0) is 23.2. The Bertz CT molecular complexity index is 1170. The van der Waals surface area contributed by atoms with E-state index in [0.717, 1.165) is 43.2 Å². The normalized spacial score (nSPS) is 13.2. The molecule has 33 heavy (non-hydrogen) atoms. The number of carbonyl (C=O) groups excluding carboxylic acids is 1. The number of ether oxygens (including phenoxy) is 1. The van der Waals surface area contributed by atoms with Crippen molar-refractivity contribution in [1.29, 1.82) is 5.26 Å². The lowest BCUT2D eigenvalue weighted by atomic mass is 10.1. The van der Waals surface area contributed by atoms with Gasteiger partial charge in [-0.15, -0.1) is 0 Å². The number of carbonyl (C=O) groups is 1. The number of nitrogens with zero attached hydrogens (tertiary/aromatic N) is 5. The maximum Gasteiger partial charge on any atom is 0.321 e. The van der Waals surface area contributed by atoms with Crippen molar-refractivity contribution in [3.63, 3.8) is 0 Å². The van der Waals surface area contributed by atoms with Crippen LogP contribution in [0.3, 0.4) is 0 Å². The van der Waals surface area contributed by atoms with Crippen LogP contribution in [0.25, 0.3) is 11.3 Å². The SMILES string of the molecule is CN(C)C(=O)Nc1ccc(-c2ccnc(Nc3ccc(N4CCOCC4)cc3)n2)cc1C#N. The highest BCUT2D eigenvalue weighted by Gasteiger charge is 2.12. The molecule has 9 nitrogen and oxygen atoms in total. The van der Waals surface area contributed by atoms with E-state index < -0.39 is 0 Å². The van der Waals surface area contributed by atoms with Crippen LogP contribution >= 0.6 is 0 Å². The zero-order valence-electron chi connectivity index (χ0n) is 18.6. The minimum atomic E-state index is -0.299. The molecule has 2 heterocycles. The number of benzene rings is 2. The Hall–Kier alpha value is -4.16. The van der Waals surface area contributed by atoms with Gasteiger partial charge in [0, 0.05) is 50.3 Å². The van der Waals surface area contributed by atoms with E-state index >= 15 is 0 Å². The van der Waals surface area contributed by atoms with Gasteiger partial charge in [-0.25, -0.2) is 14.8 Å². The second kappa shape index (κ2) is 9.97. The Morgan fingerprint density at radius 2 is 1.88 bits per heavy atom. The Morgan fingerprint density at radius 1 is 1.12 bits per heavy atom. The van der Waals surface area contributed by atoms with E-state index in [-0.39, 0.29) is 6.03 Å². The van der Waals surface area contributed by atoms with Crippen LogP contribution in [-0.4, -0.2) is 61.3 Å². The summed E-state index contributed by atoms with van der Waals surface area (Å²) >= 11 is 0. The molecular formula is C24H25N7O2. The van der Waals surface area contributed by atoms with Gasteiger partial charge < -0.3 is 25.2 Å². The molecule has 0 spiro atoms. The van der Waals surface area contributed by atoms with Gasteiger partial charge in [-0.05, 0) is 42.5 Å². The topological polar surface area (TPSA) is 106 Å². The first-order chi connectivity index (χ1) is 16.0. The number of hydrogen-bond acceptors (Lipinski definition) is 7. The zero-order valence-corrected chi connectivity index (χ0v) is 18.6. The van der Waals surface area contributed by atoms with Crippen LogP contribution in [0.5, 0.6) is 0 Å². The predicted octanol–water partition coefficient (Wildman–Crippen LogP) is 3.69. The molecule has 9 heteroatoms. The average Bonchev–Trinajstić information content (AvgIpc) is 2.85. The van der Waals surface area contributed by atoms with Crippen molar-refractivity contribution < 1.29 is 9.53 Å². The largest absolute Gasteiger partial charge is 0.378 e. The molecular weight excluding hydrogens is 418 g/mol. The first-order valence-corrected chi connectivity index (χ1v) is 10.6. The number of aromatic nitrogens is 2. The van der Waals surface area contributed by atoms with E-state index in [1.807, 2.05) is 18.2 Å². The molecule has 1 aromatic heterocycles. The minimum absolute atomic E-state index is 0.299. The highest BCUT2D eigenvalue weighted by molar-refractivity contribution is 5.91. The fraction of sp³-hybridized carbons (Fsp3) is 0.250. The van der Waals surface area contributed by atoms with Crippen molar-refractivity contribution in [1.82, 2.24) is 14.9 Å². The second-order valence-corrected chi connectivity index (χ2v) is 7.73. The molecule has 0 aliphatic carbocycles. The molecule has 2 N–H and O–H groups in total. The summed E-state index contributed by atoms with van der Waals surface area (Å²) in [6.45, 7) is 3.27. The maximum absolute atomic E-state index is 11.9. The van der Waals surface area contributed by atoms with Crippen LogP contribution in [0.1, 0.15) is 5.56 Å². The first-order valence-electron chi connectivity index (χ1n) is 10.6. The Kier molecular flexibility index (Phi) is 6.66. The number of urea groups is 1. The van der Waals surface area contributed by atoms with Crippen molar-refractivity contribution >= 4 is 29.0 Å². The van der Waals surface area contributed by atoms with Gasteiger partial charge in [-0.3, -0.25) is 0 Å². The quantitative estimate of drug-likeness (QED) is 0.619. The van der Waals surface area contributed by atoms with Crippen LogP contribution in [0.4, 0.5) is 27.8 Å². The molecule has 0 unspecified atom stereocenters. The number of amides is 2. The number of nitrogens with one attached hydrogen (secondary N) is 2. The fourth-order valence-corrected chi connectivity index (χ4v) is 3.42. The smallest absolute Gasteiger partial charge is 0.321 e. The van der Waals surface area contributed by atoms with Gasteiger partial charge in [-0.1, -0.05) is 6.07 Å². The van der Waals surface area contributed by atoms with Crippen molar-refractivity contribution in [3.05, 3.63) is 60.3 Å². The van der Waals surface area contributed by atoms with Gasteiger partial charge in [0.05, 0.1) is 30.2 Å². The summed E-state index contributed by atoms with van der Waals surface area (Å²) in [7, 11) is 3.28. The summed E-state index contributed by atoms with van der Waals surface area (Å²) < 4.78 is 5.41. The summed E-state index contributed by atoms with van der Waals surface area (Å²) in [5.74, 6) is 0.454. The van der Waals surface area contributed by atoms with Crippen LogP contribution in [0.2, 0.25) is 0 Å². The van der Waals surface area contributed by atoms with Gasteiger partial charge >= 0.3 is 6.03 Å². The molecule has 0 radical (unpaired) electrons. The van der Waals surface area contributed by atoms with Gasteiger partial charge in [0.2, 0.25) is 5.95 Å². The van der Waals surface area contributed by atoms with E-state index in [0.29, 0.717) is 22.9 Å². The summed E-state index contributed by atoms with van der Waals surface area (Å²) in [5, 5.41) is 15.5. The number of rotatable bonds is 5. The van der Waals surface area contributed by atoms with Crippen molar-refractivity contribution in [3.8, 4) is 17.3 Å². The lowest BCUT2D eigenvalue weighted by Gasteiger charge is -2.28. The van der Waals surface area contributed by atoms with E-state index in [9.17, 15) is 10.1 Å². The molecule has 1 saturated heterocycles. The van der Waals surface area contributed by atoms with Crippen LogP contribution in [-0.2, 0) is 4.74 Å². The number of anilines is 4. The van der Waals surface area contributed by atoms with Crippen LogP contribution in [0, 0.1) is 11.3 Å². The number of morpholine rings is 1. The molecule has 2 aromatic carbocycles. The fourth-order valence-electron chi connectivity index (χ4n) is 3.42. The van der Waals surface area contributed by atoms with E-state index in [2.05, 4.69) is 43.7 Å². The van der Waals surface area contributed by atoms with Gasteiger partial charge in [0.1, 0.15) is 6.07 Å². The summed E-state index contributed by atoms with van der Waals surface area (Å²) in [6, 6.07) is 17.0. The third-order valence-electron chi connectivity index (χ3n) is 5.24. The Labute approximate surface area is 192 Å². The molecule has 3 aromatic rings. The first kappa shape index (κ1) is 22.0. The lowest BCUT2D eigenvalue weighted by Crippen LogP contribution is -2.36. The predicted molar refractivity (Wildman–Crippen MR) is 128 cm³/mol. The van der Waals surface area contributed by atoms with Crippen LogP contribution in [0.15, 0.2) is 54.7 Å². The van der Waals surface area contributed by atoms with E-state index in [1.54, 1.807) is 38.5 Å². The molecule has 168 valence electrons. The molecule has 1 aliphatic rings. The third kappa shape index (κ3) is 5.37. The molecule has 0 saturated carbocycles. The average molecular weight is 444 g/mol. The van der Waals surface area contributed by atoms with E-state index in [4.69, 9.17) is 4.74 Å². The number of nitriles is 1. The molecule has 1 fully saturated rings. The standard InChI is InChI=1S/C24H25N7O2/c1-30(2)24(32)29-21-8-3-17(15-18(21)16-25)22-9-10-26-23(28-22)27-19-4-6-20(7-5-19)31-11-13-33-14-12-31/h3-10,15H,11-14H2,1-2H3,(H,29,32)(H,26,27,28). The summed E-state index contributed by atoms with van der Waals surface area (Å²) in [4.78, 5) is 24.5. The minimum Gasteiger partial charge on any atom is -0.378 e. The highest BCUT2D eigenvalue weighted by atomic mass is 16.5.